The Morgan fingerprint density at radius 3 is 2.22 bits per heavy atom. The fourth-order valence-electron chi connectivity index (χ4n) is 2.26. The number of para-hydroxylation sites is 2. The minimum absolute atomic E-state index is 0.223. The third-order valence-corrected chi connectivity index (χ3v) is 4.22. The van der Waals surface area contributed by atoms with Gasteiger partial charge in [-0.15, -0.1) is 0 Å². The van der Waals surface area contributed by atoms with Crippen LogP contribution in [0, 0.1) is 0 Å². The smallest absolute Gasteiger partial charge is 0.349 e. The van der Waals surface area contributed by atoms with Crippen LogP contribution >= 0.6 is 15.9 Å². The van der Waals surface area contributed by atoms with E-state index in [1.807, 2.05) is 36.4 Å². The lowest BCUT2D eigenvalue weighted by molar-refractivity contribution is -0.136. The number of amides is 1. The number of halogens is 1. The zero-order chi connectivity index (χ0) is 19.1. The normalized spacial score (nSPS) is 10.1. The highest BCUT2D eigenvalue weighted by Crippen LogP contribution is 2.23. The van der Waals surface area contributed by atoms with E-state index in [1.54, 1.807) is 42.5 Å². The predicted octanol–water partition coefficient (Wildman–Crippen LogP) is 4.69. The zero-order valence-corrected chi connectivity index (χ0v) is 15.8. The Morgan fingerprint density at radius 2 is 1.52 bits per heavy atom. The minimum Gasteiger partial charge on any atom is -0.481 e. The minimum atomic E-state index is -0.535. The van der Waals surface area contributed by atoms with Crippen LogP contribution in [-0.4, -0.2) is 18.5 Å². The first-order chi connectivity index (χ1) is 13.1. The van der Waals surface area contributed by atoms with Crippen LogP contribution in [0.2, 0.25) is 0 Å². The fraction of sp³-hybridized carbons (Fsp3) is 0.0476. The molecule has 5 nitrogen and oxygen atoms in total. The molecule has 0 bridgehead atoms. The molecule has 27 heavy (non-hydrogen) atoms. The van der Waals surface area contributed by atoms with E-state index < -0.39 is 5.97 Å². The largest absolute Gasteiger partial charge is 0.481 e. The van der Waals surface area contributed by atoms with Crippen molar-refractivity contribution in [3.8, 4) is 11.5 Å². The molecule has 0 aliphatic rings. The van der Waals surface area contributed by atoms with E-state index >= 15 is 0 Å². The first-order valence-electron chi connectivity index (χ1n) is 8.16. The molecule has 3 aromatic carbocycles. The van der Waals surface area contributed by atoms with Gasteiger partial charge in [-0.1, -0.05) is 30.3 Å². The summed E-state index contributed by atoms with van der Waals surface area (Å²) < 4.78 is 11.4. The van der Waals surface area contributed by atoms with Crippen molar-refractivity contribution >= 4 is 33.5 Å². The summed E-state index contributed by atoms with van der Waals surface area (Å²) in [4.78, 5) is 24.1. The Hall–Kier alpha value is -3.12. The van der Waals surface area contributed by atoms with Crippen molar-refractivity contribution in [2.45, 2.75) is 0 Å². The summed E-state index contributed by atoms with van der Waals surface area (Å²) in [5.41, 5.74) is 1.17. The van der Waals surface area contributed by atoms with Crippen LogP contribution in [-0.2, 0) is 4.79 Å². The summed E-state index contributed by atoms with van der Waals surface area (Å²) in [6, 6.07) is 22.7. The molecule has 0 aromatic heterocycles. The molecule has 0 fully saturated rings. The summed E-state index contributed by atoms with van der Waals surface area (Å²) in [6.45, 7) is -0.223. The Morgan fingerprint density at radius 1 is 0.852 bits per heavy atom. The zero-order valence-electron chi connectivity index (χ0n) is 14.2. The van der Waals surface area contributed by atoms with Gasteiger partial charge in [-0.05, 0) is 64.5 Å². The number of rotatable bonds is 6. The van der Waals surface area contributed by atoms with E-state index in [0.717, 1.165) is 4.47 Å². The van der Waals surface area contributed by atoms with E-state index in [9.17, 15) is 9.59 Å². The van der Waals surface area contributed by atoms with Crippen LogP contribution in [0.4, 0.5) is 5.69 Å². The Bertz CT molecular complexity index is 926. The molecule has 0 atom stereocenters. The van der Waals surface area contributed by atoms with Crippen molar-refractivity contribution in [2.24, 2.45) is 0 Å². The second-order valence-corrected chi connectivity index (χ2v) is 6.39. The molecule has 3 aromatic rings. The second-order valence-electron chi connectivity index (χ2n) is 5.54. The van der Waals surface area contributed by atoms with E-state index in [-0.39, 0.29) is 12.5 Å². The standard InChI is InChI=1S/C21H16BrNO4/c22-18-8-4-5-9-19(18)26-14-20(24)27-17-12-10-15(11-13-17)21(25)23-16-6-2-1-3-7-16/h1-13H,14H2,(H,23,25). The van der Waals surface area contributed by atoms with E-state index in [4.69, 9.17) is 9.47 Å². The molecule has 3 rings (SSSR count). The molecule has 0 aliphatic heterocycles. The van der Waals surface area contributed by atoms with Crippen LogP contribution < -0.4 is 14.8 Å². The second kappa shape index (κ2) is 9.00. The van der Waals surface area contributed by atoms with Gasteiger partial charge in [-0.2, -0.15) is 0 Å². The number of benzene rings is 3. The van der Waals surface area contributed by atoms with Crippen LogP contribution in [0.1, 0.15) is 10.4 Å². The van der Waals surface area contributed by atoms with Crippen LogP contribution in [0.15, 0.2) is 83.3 Å². The lowest BCUT2D eigenvalue weighted by Gasteiger charge is -2.09. The van der Waals surface area contributed by atoms with Gasteiger partial charge in [0.05, 0.1) is 4.47 Å². The van der Waals surface area contributed by atoms with E-state index in [0.29, 0.717) is 22.7 Å². The number of esters is 1. The SMILES string of the molecule is O=C(COc1ccccc1Br)Oc1ccc(C(=O)Nc2ccccc2)cc1. The molecule has 0 saturated carbocycles. The summed E-state index contributed by atoms with van der Waals surface area (Å²) in [5.74, 6) is 0.123. The molecule has 0 unspecified atom stereocenters. The molecule has 6 heteroatoms. The van der Waals surface area contributed by atoms with Gasteiger partial charge in [0, 0.05) is 11.3 Å². The molecular formula is C21H16BrNO4. The van der Waals surface area contributed by atoms with Gasteiger partial charge >= 0.3 is 5.97 Å². The quantitative estimate of drug-likeness (QED) is 0.459. The molecule has 0 radical (unpaired) electrons. The fourth-order valence-corrected chi connectivity index (χ4v) is 2.66. The number of carbonyl (C=O) groups is 2. The highest BCUT2D eigenvalue weighted by Gasteiger charge is 2.10. The number of hydrogen-bond donors (Lipinski definition) is 1. The Balaban J connectivity index is 1.53. The third-order valence-electron chi connectivity index (χ3n) is 3.56. The van der Waals surface area contributed by atoms with Gasteiger partial charge in [0.15, 0.2) is 6.61 Å². The van der Waals surface area contributed by atoms with E-state index in [2.05, 4.69) is 21.2 Å². The highest BCUT2D eigenvalue weighted by molar-refractivity contribution is 9.10. The van der Waals surface area contributed by atoms with Crippen LogP contribution in [0.3, 0.4) is 0 Å². The maximum absolute atomic E-state index is 12.2. The van der Waals surface area contributed by atoms with Crippen LogP contribution in [0.5, 0.6) is 11.5 Å². The number of ether oxygens (including phenoxy) is 2. The Labute approximate surface area is 165 Å². The lowest BCUT2D eigenvalue weighted by Crippen LogP contribution is -2.18. The summed E-state index contributed by atoms with van der Waals surface area (Å²) in [6.07, 6.45) is 0. The molecule has 136 valence electrons. The van der Waals surface area contributed by atoms with Gasteiger partial charge < -0.3 is 14.8 Å². The number of carbonyl (C=O) groups excluding carboxylic acids is 2. The number of nitrogens with one attached hydrogen (secondary N) is 1. The van der Waals surface area contributed by atoms with Crippen molar-refractivity contribution < 1.29 is 19.1 Å². The maximum Gasteiger partial charge on any atom is 0.349 e. The molecule has 1 N–H and O–H groups in total. The molecule has 0 heterocycles. The van der Waals surface area contributed by atoms with Gasteiger partial charge in [-0.25, -0.2) is 4.79 Å². The first kappa shape index (κ1) is 18.7. The van der Waals surface area contributed by atoms with Gasteiger partial charge in [0.2, 0.25) is 0 Å². The maximum atomic E-state index is 12.2. The predicted molar refractivity (Wildman–Crippen MR) is 106 cm³/mol. The van der Waals surface area contributed by atoms with Gasteiger partial charge in [0.1, 0.15) is 11.5 Å². The molecular weight excluding hydrogens is 410 g/mol. The molecule has 0 spiro atoms. The molecule has 0 saturated heterocycles. The summed E-state index contributed by atoms with van der Waals surface area (Å²) >= 11 is 3.34. The average molecular weight is 426 g/mol. The average Bonchev–Trinajstić information content (AvgIpc) is 2.69. The molecule has 1 amide bonds. The van der Waals surface area contributed by atoms with E-state index in [1.165, 1.54) is 0 Å². The van der Waals surface area contributed by atoms with Crippen molar-refractivity contribution in [1.29, 1.82) is 0 Å². The summed E-state index contributed by atoms with van der Waals surface area (Å²) in [7, 11) is 0. The monoisotopic (exact) mass is 425 g/mol. The van der Waals surface area contributed by atoms with Crippen molar-refractivity contribution in [3.63, 3.8) is 0 Å². The van der Waals surface area contributed by atoms with Crippen molar-refractivity contribution in [1.82, 2.24) is 0 Å². The van der Waals surface area contributed by atoms with Crippen molar-refractivity contribution in [3.05, 3.63) is 88.9 Å². The summed E-state index contributed by atoms with van der Waals surface area (Å²) in [5, 5.41) is 2.79. The van der Waals surface area contributed by atoms with Crippen LogP contribution in [0.25, 0.3) is 0 Å². The van der Waals surface area contributed by atoms with Crippen molar-refractivity contribution in [2.75, 3.05) is 11.9 Å². The third kappa shape index (κ3) is 5.43. The lowest BCUT2D eigenvalue weighted by atomic mass is 10.2. The highest BCUT2D eigenvalue weighted by atomic mass is 79.9. The number of hydrogen-bond acceptors (Lipinski definition) is 4. The number of anilines is 1. The van der Waals surface area contributed by atoms with Gasteiger partial charge in [-0.3, -0.25) is 4.79 Å². The first-order valence-corrected chi connectivity index (χ1v) is 8.95. The topological polar surface area (TPSA) is 64.6 Å². The van der Waals surface area contributed by atoms with Gasteiger partial charge in [0.25, 0.3) is 5.91 Å². The molecule has 0 aliphatic carbocycles. The Kier molecular flexibility index (Phi) is 6.22.